The molecule has 0 radical (unpaired) electrons. The maximum absolute atomic E-state index is 13.0. The minimum absolute atomic E-state index is 0.152. The lowest BCUT2D eigenvalue weighted by Gasteiger charge is -2.08. The van der Waals surface area contributed by atoms with E-state index in [0.717, 1.165) is 11.1 Å². The van der Waals surface area contributed by atoms with Gasteiger partial charge in [-0.2, -0.15) is 5.10 Å². The molecule has 0 aliphatic carbocycles. The van der Waals surface area contributed by atoms with Crippen molar-refractivity contribution in [1.29, 1.82) is 0 Å². The minimum Gasteiger partial charge on any atom is -0.484 e. The standard InChI is InChI=1S/C19H18FN3O2/c20-17-3-1-4-18(11-17)25-14-19(24)21-12-15-5-7-16(8-6-15)13-23-10-2-9-22-23/h1-11H,12-14H2,(H,21,24). The molecule has 1 amide bonds. The smallest absolute Gasteiger partial charge is 0.258 e. The fourth-order valence-electron chi connectivity index (χ4n) is 2.30. The van der Waals surface area contributed by atoms with Gasteiger partial charge < -0.3 is 10.1 Å². The van der Waals surface area contributed by atoms with Crippen LogP contribution in [-0.4, -0.2) is 22.3 Å². The predicted octanol–water partition coefficient (Wildman–Crippen LogP) is 2.77. The Morgan fingerprint density at radius 2 is 1.92 bits per heavy atom. The highest BCUT2D eigenvalue weighted by Crippen LogP contribution is 2.11. The van der Waals surface area contributed by atoms with Crippen molar-refractivity contribution >= 4 is 5.91 Å². The first-order chi connectivity index (χ1) is 12.2. The molecule has 0 spiro atoms. The number of nitrogens with zero attached hydrogens (tertiary/aromatic N) is 2. The van der Waals surface area contributed by atoms with Crippen molar-refractivity contribution in [1.82, 2.24) is 15.1 Å². The first-order valence-electron chi connectivity index (χ1n) is 7.89. The van der Waals surface area contributed by atoms with Crippen LogP contribution in [0.4, 0.5) is 4.39 Å². The van der Waals surface area contributed by atoms with Crippen molar-refractivity contribution < 1.29 is 13.9 Å². The molecule has 5 nitrogen and oxygen atoms in total. The fraction of sp³-hybridized carbons (Fsp3) is 0.158. The number of ether oxygens (including phenoxy) is 1. The Labute approximate surface area is 145 Å². The molecule has 3 aromatic rings. The zero-order chi connectivity index (χ0) is 17.5. The molecule has 6 heteroatoms. The lowest BCUT2D eigenvalue weighted by Crippen LogP contribution is -2.28. The molecule has 0 bridgehead atoms. The summed E-state index contributed by atoms with van der Waals surface area (Å²) in [6.07, 6.45) is 3.66. The van der Waals surface area contributed by atoms with Gasteiger partial charge in [0.1, 0.15) is 11.6 Å². The lowest BCUT2D eigenvalue weighted by atomic mass is 10.1. The number of halogens is 1. The Morgan fingerprint density at radius 1 is 1.12 bits per heavy atom. The van der Waals surface area contributed by atoms with Gasteiger partial charge in [0.25, 0.3) is 5.91 Å². The number of nitrogens with one attached hydrogen (secondary N) is 1. The van der Waals surface area contributed by atoms with Crippen LogP contribution < -0.4 is 10.1 Å². The summed E-state index contributed by atoms with van der Waals surface area (Å²) in [7, 11) is 0. The molecule has 2 aromatic carbocycles. The number of carbonyl (C=O) groups is 1. The van der Waals surface area contributed by atoms with Crippen molar-refractivity contribution in [3.63, 3.8) is 0 Å². The average Bonchev–Trinajstić information content (AvgIpc) is 3.12. The predicted molar refractivity (Wildman–Crippen MR) is 91.5 cm³/mol. The Hall–Kier alpha value is -3.15. The van der Waals surface area contributed by atoms with Gasteiger partial charge in [0.15, 0.2) is 6.61 Å². The summed E-state index contributed by atoms with van der Waals surface area (Å²) in [5, 5.41) is 6.94. The molecule has 0 unspecified atom stereocenters. The number of hydrogen-bond acceptors (Lipinski definition) is 3. The van der Waals surface area contributed by atoms with Gasteiger partial charge >= 0.3 is 0 Å². The van der Waals surface area contributed by atoms with Gasteiger partial charge in [0.05, 0.1) is 6.54 Å². The first kappa shape index (κ1) is 16.7. The van der Waals surface area contributed by atoms with Crippen LogP contribution in [0.25, 0.3) is 0 Å². The number of hydrogen-bond donors (Lipinski definition) is 1. The molecule has 0 aliphatic heterocycles. The van der Waals surface area contributed by atoms with Gasteiger partial charge in [-0.25, -0.2) is 4.39 Å². The molecule has 0 fully saturated rings. The van der Waals surface area contributed by atoms with Crippen LogP contribution in [-0.2, 0) is 17.9 Å². The normalized spacial score (nSPS) is 10.4. The van der Waals surface area contributed by atoms with Crippen LogP contribution >= 0.6 is 0 Å². The topological polar surface area (TPSA) is 56.1 Å². The molecule has 1 heterocycles. The highest BCUT2D eigenvalue weighted by atomic mass is 19.1. The molecule has 0 saturated carbocycles. The number of carbonyl (C=O) groups excluding carboxylic acids is 1. The summed E-state index contributed by atoms with van der Waals surface area (Å²) in [6.45, 7) is 0.968. The summed E-state index contributed by atoms with van der Waals surface area (Å²) in [4.78, 5) is 11.8. The molecule has 1 N–H and O–H groups in total. The molecular formula is C19H18FN3O2. The quantitative estimate of drug-likeness (QED) is 0.720. The van der Waals surface area contributed by atoms with Gasteiger partial charge in [0, 0.05) is 25.0 Å². The van der Waals surface area contributed by atoms with Crippen molar-refractivity contribution in [2.45, 2.75) is 13.1 Å². The van der Waals surface area contributed by atoms with Crippen LogP contribution in [0.5, 0.6) is 5.75 Å². The summed E-state index contributed by atoms with van der Waals surface area (Å²) in [5.41, 5.74) is 2.12. The van der Waals surface area contributed by atoms with Crippen LogP contribution in [0.1, 0.15) is 11.1 Å². The van der Waals surface area contributed by atoms with Gasteiger partial charge in [-0.05, 0) is 29.3 Å². The van der Waals surface area contributed by atoms with Crippen molar-refractivity contribution in [3.8, 4) is 5.75 Å². The molecular weight excluding hydrogens is 321 g/mol. The SMILES string of the molecule is O=C(COc1cccc(F)c1)NCc1ccc(Cn2cccn2)cc1. The maximum Gasteiger partial charge on any atom is 0.258 e. The Bertz CT molecular complexity index is 817. The van der Waals surface area contributed by atoms with Crippen molar-refractivity contribution in [2.75, 3.05) is 6.61 Å². The van der Waals surface area contributed by atoms with E-state index in [0.29, 0.717) is 18.8 Å². The number of rotatable bonds is 7. The zero-order valence-electron chi connectivity index (χ0n) is 13.6. The second kappa shape index (κ2) is 8.10. The third-order valence-corrected chi connectivity index (χ3v) is 3.58. The minimum atomic E-state index is -0.395. The number of aromatic nitrogens is 2. The zero-order valence-corrected chi connectivity index (χ0v) is 13.6. The highest BCUT2D eigenvalue weighted by Gasteiger charge is 2.04. The van der Waals surface area contributed by atoms with E-state index in [1.807, 2.05) is 41.2 Å². The second-order valence-electron chi connectivity index (χ2n) is 5.54. The van der Waals surface area contributed by atoms with E-state index in [2.05, 4.69) is 10.4 Å². The fourth-order valence-corrected chi connectivity index (χ4v) is 2.30. The van der Waals surface area contributed by atoms with Gasteiger partial charge in [0.2, 0.25) is 0 Å². The van der Waals surface area contributed by atoms with E-state index in [-0.39, 0.29) is 12.5 Å². The van der Waals surface area contributed by atoms with E-state index in [1.165, 1.54) is 18.2 Å². The van der Waals surface area contributed by atoms with E-state index in [4.69, 9.17) is 4.74 Å². The molecule has 1 aromatic heterocycles. The van der Waals surface area contributed by atoms with E-state index >= 15 is 0 Å². The molecule has 0 aliphatic rings. The Morgan fingerprint density at radius 3 is 2.64 bits per heavy atom. The van der Waals surface area contributed by atoms with Gasteiger partial charge in [-0.3, -0.25) is 9.48 Å². The van der Waals surface area contributed by atoms with Gasteiger partial charge in [-0.1, -0.05) is 30.3 Å². The van der Waals surface area contributed by atoms with Gasteiger partial charge in [-0.15, -0.1) is 0 Å². The van der Waals surface area contributed by atoms with Crippen LogP contribution in [0.15, 0.2) is 67.0 Å². The highest BCUT2D eigenvalue weighted by molar-refractivity contribution is 5.77. The number of amides is 1. The summed E-state index contributed by atoms with van der Waals surface area (Å²) < 4.78 is 20.1. The summed E-state index contributed by atoms with van der Waals surface area (Å²) in [5.74, 6) is -0.323. The van der Waals surface area contributed by atoms with Crippen LogP contribution in [0.3, 0.4) is 0 Å². The monoisotopic (exact) mass is 339 g/mol. The molecule has 128 valence electrons. The van der Waals surface area contributed by atoms with E-state index in [1.54, 1.807) is 12.3 Å². The molecule has 25 heavy (non-hydrogen) atoms. The van der Waals surface area contributed by atoms with Crippen molar-refractivity contribution in [2.24, 2.45) is 0 Å². The summed E-state index contributed by atoms with van der Waals surface area (Å²) >= 11 is 0. The van der Waals surface area contributed by atoms with Crippen LogP contribution in [0.2, 0.25) is 0 Å². The number of benzene rings is 2. The van der Waals surface area contributed by atoms with Crippen molar-refractivity contribution in [3.05, 3.63) is 83.9 Å². The average molecular weight is 339 g/mol. The third kappa shape index (κ3) is 5.17. The molecule has 3 rings (SSSR count). The second-order valence-corrected chi connectivity index (χ2v) is 5.54. The van der Waals surface area contributed by atoms with Crippen LogP contribution in [0, 0.1) is 5.82 Å². The Balaban J connectivity index is 1.44. The molecule has 0 atom stereocenters. The lowest BCUT2D eigenvalue weighted by molar-refractivity contribution is -0.123. The largest absolute Gasteiger partial charge is 0.484 e. The summed E-state index contributed by atoms with van der Waals surface area (Å²) in [6, 6.07) is 15.5. The maximum atomic E-state index is 13.0. The third-order valence-electron chi connectivity index (χ3n) is 3.58. The van der Waals surface area contributed by atoms with E-state index < -0.39 is 5.82 Å². The molecule has 0 saturated heterocycles. The first-order valence-corrected chi connectivity index (χ1v) is 7.89. The van der Waals surface area contributed by atoms with E-state index in [9.17, 15) is 9.18 Å². The Kier molecular flexibility index (Phi) is 5.41.